The molecule has 3 rings (SSSR count). The van der Waals surface area contributed by atoms with Crippen LogP contribution in [0.15, 0.2) is 36.1 Å². The SMILES string of the molecule is Cc1cnc(CNCc2cn[nH]c2-c2cccs2)cn1. The third-order valence-electron chi connectivity index (χ3n) is 2.94. The van der Waals surface area contributed by atoms with E-state index < -0.39 is 0 Å². The highest BCUT2D eigenvalue weighted by Gasteiger charge is 2.08. The molecule has 3 aromatic heterocycles. The highest BCUT2D eigenvalue weighted by atomic mass is 32.1. The molecule has 0 aliphatic heterocycles. The van der Waals surface area contributed by atoms with Gasteiger partial charge >= 0.3 is 0 Å². The fourth-order valence-corrected chi connectivity index (χ4v) is 2.67. The Bertz CT molecular complexity index is 657. The lowest BCUT2D eigenvalue weighted by Crippen LogP contribution is -2.14. The van der Waals surface area contributed by atoms with Crippen LogP contribution in [0.4, 0.5) is 0 Å². The summed E-state index contributed by atoms with van der Waals surface area (Å²) < 4.78 is 0. The summed E-state index contributed by atoms with van der Waals surface area (Å²) in [5.41, 5.74) is 4.12. The van der Waals surface area contributed by atoms with E-state index in [9.17, 15) is 0 Å². The van der Waals surface area contributed by atoms with E-state index >= 15 is 0 Å². The van der Waals surface area contributed by atoms with Crippen LogP contribution in [0.1, 0.15) is 17.0 Å². The lowest BCUT2D eigenvalue weighted by atomic mass is 10.2. The van der Waals surface area contributed by atoms with Gasteiger partial charge in [-0.05, 0) is 18.4 Å². The van der Waals surface area contributed by atoms with Crippen LogP contribution in [-0.2, 0) is 13.1 Å². The lowest BCUT2D eigenvalue weighted by molar-refractivity contribution is 0.677. The predicted octanol–water partition coefficient (Wildman–Crippen LogP) is 2.53. The molecule has 5 nitrogen and oxygen atoms in total. The lowest BCUT2D eigenvalue weighted by Gasteiger charge is -2.04. The summed E-state index contributed by atoms with van der Waals surface area (Å²) in [5, 5.41) is 12.6. The van der Waals surface area contributed by atoms with Crippen LogP contribution in [0.2, 0.25) is 0 Å². The molecule has 2 N–H and O–H groups in total. The minimum absolute atomic E-state index is 0.697. The van der Waals surface area contributed by atoms with Gasteiger partial charge in [0.1, 0.15) is 0 Å². The van der Waals surface area contributed by atoms with Crippen molar-refractivity contribution in [3.63, 3.8) is 0 Å². The number of aromatic nitrogens is 4. The number of aryl methyl sites for hydroxylation is 1. The zero-order valence-electron chi connectivity index (χ0n) is 11.1. The Morgan fingerprint density at radius 3 is 2.90 bits per heavy atom. The maximum atomic E-state index is 4.32. The molecule has 0 saturated carbocycles. The van der Waals surface area contributed by atoms with Gasteiger partial charge < -0.3 is 5.32 Å². The van der Waals surface area contributed by atoms with E-state index in [2.05, 4.69) is 36.9 Å². The summed E-state index contributed by atoms with van der Waals surface area (Å²) in [6.07, 6.45) is 5.45. The third-order valence-corrected chi connectivity index (χ3v) is 3.83. The minimum Gasteiger partial charge on any atom is -0.307 e. The van der Waals surface area contributed by atoms with Gasteiger partial charge in [-0.3, -0.25) is 15.1 Å². The summed E-state index contributed by atoms with van der Waals surface area (Å²) in [6.45, 7) is 3.38. The van der Waals surface area contributed by atoms with Crippen molar-refractivity contribution in [1.29, 1.82) is 0 Å². The van der Waals surface area contributed by atoms with E-state index in [1.54, 1.807) is 23.7 Å². The Balaban J connectivity index is 1.62. The number of rotatable bonds is 5. The van der Waals surface area contributed by atoms with Crippen LogP contribution in [0, 0.1) is 6.92 Å². The molecule has 3 heterocycles. The van der Waals surface area contributed by atoms with Crippen molar-refractivity contribution in [1.82, 2.24) is 25.5 Å². The molecule has 0 amide bonds. The van der Waals surface area contributed by atoms with Gasteiger partial charge in [0.2, 0.25) is 0 Å². The molecular weight excluding hydrogens is 270 g/mol. The number of nitrogens with one attached hydrogen (secondary N) is 2. The molecule has 0 aliphatic carbocycles. The van der Waals surface area contributed by atoms with E-state index in [1.807, 2.05) is 19.2 Å². The Morgan fingerprint density at radius 1 is 1.20 bits per heavy atom. The van der Waals surface area contributed by atoms with Crippen molar-refractivity contribution in [2.24, 2.45) is 0 Å². The minimum atomic E-state index is 0.697. The first-order chi connectivity index (χ1) is 9.83. The number of H-pyrrole nitrogens is 1. The van der Waals surface area contributed by atoms with Gasteiger partial charge in [-0.2, -0.15) is 5.10 Å². The highest BCUT2D eigenvalue weighted by Crippen LogP contribution is 2.25. The smallest absolute Gasteiger partial charge is 0.0794 e. The standard InChI is InChI=1S/C14H15N5S/c1-10-5-17-12(9-16-10)8-15-6-11-7-18-19-14(11)13-3-2-4-20-13/h2-5,7,9,15H,6,8H2,1H3,(H,18,19). The summed E-state index contributed by atoms with van der Waals surface area (Å²) in [5.74, 6) is 0. The zero-order valence-corrected chi connectivity index (χ0v) is 11.9. The van der Waals surface area contributed by atoms with Crippen molar-refractivity contribution in [2.45, 2.75) is 20.0 Å². The first-order valence-corrected chi connectivity index (χ1v) is 7.25. The molecule has 0 aliphatic rings. The summed E-state index contributed by atoms with van der Waals surface area (Å²) >= 11 is 1.70. The number of thiophene rings is 1. The molecule has 0 bridgehead atoms. The largest absolute Gasteiger partial charge is 0.307 e. The Hall–Kier alpha value is -2.05. The fraction of sp³-hybridized carbons (Fsp3) is 0.214. The average molecular weight is 285 g/mol. The van der Waals surface area contributed by atoms with Gasteiger partial charge in [0.05, 0.1) is 28.2 Å². The van der Waals surface area contributed by atoms with E-state index in [-0.39, 0.29) is 0 Å². The van der Waals surface area contributed by atoms with Gasteiger partial charge in [-0.15, -0.1) is 11.3 Å². The number of hydrogen-bond donors (Lipinski definition) is 2. The van der Waals surface area contributed by atoms with E-state index in [0.29, 0.717) is 6.54 Å². The number of nitrogens with zero attached hydrogens (tertiary/aromatic N) is 3. The maximum Gasteiger partial charge on any atom is 0.0794 e. The molecule has 0 atom stereocenters. The third kappa shape index (κ3) is 2.92. The van der Waals surface area contributed by atoms with Crippen molar-refractivity contribution >= 4 is 11.3 Å². The van der Waals surface area contributed by atoms with E-state index in [4.69, 9.17) is 0 Å². The van der Waals surface area contributed by atoms with E-state index in [0.717, 1.165) is 29.2 Å². The Morgan fingerprint density at radius 2 is 2.15 bits per heavy atom. The molecule has 102 valence electrons. The second-order valence-corrected chi connectivity index (χ2v) is 5.45. The zero-order chi connectivity index (χ0) is 13.8. The normalized spacial score (nSPS) is 10.8. The molecular formula is C14H15N5S. The predicted molar refractivity (Wildman–Crippen MR) is 79.2 cm³/mol. The monoisotopic (exact) mass is 285 g/mol. The van der Waals surface area contributed by atoms with Gasteiger partial charge in [0.25, 0.3) is 0 Å². The molecule has 0 saturated heterocycles. The Labute approximate surface area is 121 Å². The molecule has 0 aromatic carbocycles. The van der Waals surface area contributed by atoms with Crippen LogP contribution >= 0.6 is 11.3 Å². The van der Waals surface area contributed by atoms with Gasteiger partial charge in [0.15, 0.2) is 0 Å². The first-order valence-electron chi connectivity index (χ1n) is 6.37. The first kappa shape index (κ1) is 13.0. The molecule has 6 heteroatoms. The van der Waals surface area contributed by atoms with Crippen LogP contribution in [0.3, 0.4) is 0 Å². The maximum absolute atomic E-state index is 4.32. The average Bonchev–Trinajstić information content (AvgIpc) is 3.11. The highest BCUT2D eigenvalue weighted by molar-refractivity contribution is 7.13. The summed E-state index contributed by atoms with van der Waals surface area (Å²) in [6, 6.07) is 4.13. The van der Waals surface area contributed by atoms with Crippen molar-refractivity contribution < 1.29 is 0 Å². The summed E-state index contributed by atoms with van der Waals surface area (Å²) in [7, 11) is 0. The molecule has 0 unspecified atom stereocenters. The van der Waals surface area contributed by atoms with E-state index in [1.165, 1.54) is 4.88 Å². The molecule has 3 aromatic rings. The molecule has 20 heavy (non-hydrogen) atoms. The second kappa shape index (κ2) is 5.94. The topological polar surface area (TPSA) is 66.5 Å². The van der Waals surface area contributed by atoms with Crippen molar-refractivity contribution in [3.8, 4) is 10.6 Å². The fourth-order valence-electron chi connectivity index (χ4n) is 1.92. The van der Waals surface area contributed by atoms with Crippen molar-refractivity contribution in [2.75, 3.05) is 0 Å². The van der Waals surface area contributed by atoms with Gasteiger partial charge in [-0.25, -0.2) is 0 Å². The van der Waals surface area contributed by atoms with Crippen LogP contribution in [0.25, 0.3) is 10.6 Å². The van der Waals surface area contributed by atoms with Gasteiger partial charge in [0, 0.05) is 31.0 Å². The van der Waals surface area contributed by atoms with Crippen LogP contribution in [-0.4, -0.2) is 20.2 Å². The second-order valence-electron chi connectivity index (χ2n) is 4.50. The van der Waals surface area contributed by atoms with Crippen LogP contribution in [0.5, 0.6) is 0 Å². The quantitative estimate of drug-likeness (QED) is 0.756. The van der Waals surface area contributed by atoms with Gasteiger partial charge in [-0.1, -0.05) is 6.07 Å². The molecule has 0 fully saturated rings. The molecule has 0 spiro atoms. The molecule has 0 radical (unpaired) electrons. The van der Waals surface area contributed by atoms with Crippen LogP contribution < -0.4 is 5.32 Å². The Kier molecular flexibility index (Phi) is 3.85. The van der Waals surface area contributed by atoms with Crippen molar-refractivity contribution in [3.05, 3.63) is 53.1 Å². The number of hydrogen-bond acceptors (Lipinski definition) is 5. The summed E-state index contributed by atoms with van der Waals surface area (Å²) in [4.78, 5) is 9.76. The number of aromatic amines is 1.